The van der Waals surface area contributed by atoms with Gasteiger partial charge in [0.05, 0.1) is 12.7 Å². The number of aromatic carboxylic acids is 1. The van der Waals surface area contributed by atoms with Crippen molar-refractivity contribution in [2.24, 2.45) is 0 Å². The Balaban J connectivity index is 1.65. The van der Waals surface area contributed by atoms with Crippen LogP contribution in [-0.4, -0.2) is 42.9 Å². The van der Waals surface area contributed by atoms with Crippen LogP contribution < -0.4 is 15.0 Å². The Kier molecular flexibility index (Phi) is 7.95. The number of ether oxygens (including phenoxy) is 1. The second-order valence-electron chi connectivity index (χ2n) is 8.05. The first-order valence-electron chi connectivity index (χ1n) is 10.9. The summed E-state index contributed by atoms with van der Waals surface area (Å²) >= 11 is 0. The third-order valence-corrected chi connectivity index (χ3v) is 5.94. The summed E-state index contributed by atoms with van der Waals surface area (Å²) in [5, 5.41) is 13.3. The van der Waals surface area contributed by atoms with E-state index in [1.165, 1.54) is 5.69 Å². The molecule has 32 heavy (non-hydrogen) atoms. The zero-order chi connectivity index (χ0) is 23.1. The Morgan fingerprint density at radius 1 is 1.09 bits per heavy atom. The van der Waals surface area contributed by atoms with Gasteiger partial charge in [-0.05, 0) is 56.6 Å². The minimum atomic E-state index is -0.879. The molecule has 0 saturated carbocycles. The predicted molar refractivity (Wildman–Crippen MR) is 129 cm³/mol. The van der Waals surface area contributed by atoms with Gasteiger partial charge in [0.1, 0.15) is 5.75 Å². The highest BCUT2D eigenvalue weighted by Gasteiger charge is 2.22. The SMILES string of the molecule is COc1cccc(Cn2c(C)c(CNCCCN(C)c3ccccc3)c(C(=O)O)c2C)c1. The van der Waals surface area contributed by atoms with Crippen molar-refractivity contribution in [3.05, 3.63) is 82.7 Å². The molecule has 0 aliphatic heterocycles. The van der Waals surface area contributed by atoms with E-state index in [2.05, 4.69) is 34.0 Å². The molecule has 3 aromatic rings. The van der Waals surface area contributed by atoms with Crippen LogP contribution in [0, 0.1) is 13.8 Å². The first kappa shape index (κ1) is 23.4. The molecule has 0 saturated heterocycles. The quantitative estimate of drug-likeness (QED) is 0.435. The Labute approximate surface area is 190 Å². The minimum Gasteiger partial charge on any atom is -0.497 e. The molecule has 0 amide bonds. The van der Waals surface area contributed by atoms with Crippen molar-refractivity contribution in [2.45, 2.75) is 33.4 Å². The summed E-state index contributed by atoms with van der Waals surface area (Å²) in [5.74, 6) is -0.0821. The Morgan fingerprint density at radius 3 is 2.53 bits per heavy atom. The summed E-state index contributed by atoms with van der Waals surface area (Å²) in [4.78, 5) is 14.3. The lowest BCUT2D eigenvalue weighted by Crippen LogP contribution is -2.24. The number of anilines is 1. The smallest absolute Gasteiger partial charge is 0.337 e. The van der Waals surface area contributed by atoms with Gasteiger partial charge >= 0.3 is 5.97 Å². The van der Waals surface area contributed by atoms with Crippen LogP contribution in [0.1, 0.15) is 39.3 Å². The van der Waals surface area contributed by atoms with E-state index in [1.54, 1.807) is 7.11 Å². The molecule has 0 aliphatic rings. The molecule has 0 spiro atoms. The number of aromatic nitrogens is 1. The van der Waals surface area contributed by atoms with Gasteiger partial charge in [0.15, 0.2) is 0 Å². The Morgan fingerprint density at radius 2 is 1.84 bits per heavy atom. The molecular weight excluding hydrogens is 402 g/mol. The molecule has 1 heterocycles. The van der Waals surface area contributed by atoms with Gasteiger partial charge < -0.3 is 24.6 Å². The summed E-state index contributed by atoms with van der Waals surface area (Å²) in [7, 11) is 3.74. The number of nitrogens with one attached hydrogen (secondary N) is 1. The molecular formula is C26H33N3O3. The summed E-state index contributed by atoms with van der Waals surface area (Å²) in [6, 6.07) is 18.2. The lowest BCUT2D eigenvalue weighted by Gasteiger charge is -2.19. The molecule has 2 aromatic carbocycles. The van der Waals surface area contributed by atoms with E-state index in [0.717, 1.165) is 47.8 Å². The second-order valence-corrected chi connectivity index (χ2v) is 8.05. The van der Waals surface area contributed by atoms with Gasteiger partial charge in [0.2, 0.25) is 0 Å². The molecule has 2 N–H and O–H groups in total. The fraction of sp³-hybridized carbons (Fsp3) is 0.346. The Bertz CT molecular complexity index is 1040. The first-order valence-corrected chi connectivity index (χ1v) is 10.9. The molecule has 1 aromatic heterocycles. The van der Waals surface area contributed by atoms with E-state index < -0.39 is 5.97 Å². The van der Waals surface area contributed by atoms with Crippen molar-refractivity contribution in [3.8, 4) is 5.75 Å². The van der Waals surface area contributed by atoms with Gasteiger partial charge in [-0.15, -0.1) is 0 Å². The van der Waals surface area contributed by atoms with Crippen LogP contribution in [0.3, 0.4) is 0 Å². The van der Waals surface area contributed by atoms with E-state index >= 15 is 0 Å². The maximum Gasteiger partial charge on any atom is 0.337 e. The maximum atomic E-state index is 12.0. The average molecular weight is 436 g/mol. The van der Waals surface area contributed by atoms with Crippen LogP contribution in [0.4, 0.5) is 5.69 Å². The lowest BCUT2D eigenvalue weighted by molar-refractivity contribution is 0.0694. The number of hydrogen-bond acceptors (Lipinski definition) is 4. The van der Waals surface area contributed by atoms with Gasteiger partial charge in [0.25, 0.3) is 0 Å². The normalized spacial score (nSPS) is 10.9. The standard InChI is InChI=1S/C26H33N3O3/c1-19-24(17-27-14-9-15-28(3)22-11-6-5-7-12-22)25(26(30)31)20(2)29(19)18-21-10-8-13-23(16-21)32-4/h5-8,10-13,16,27H,9,14-15,17-18H2,1-4H3,(H,30,31). The monoisotopic (exact) mass is 435 g/mol. The number of hydrogen-bond donors (Lipinski definition) is 2. The number of para-hydroxylation sites is 1. The lowest BCUT2D eigenvalue weighted by atomic mass is 10.1. The molecule has 0 bridgehead atoms. The molecule has 0 radical (unpaired) electrons. The fourth-order valence-corrected chi connectivity index (χ4v) is 4.11. The summed E-state index contributed by atoms with van der Waals surface area (Å²) in [6.45, 7) is 6.77. The first-order chi connectivity index (χ1) is 15.4. The number of rotatable bonds is 11. The van der Waals surface area contributed by atoms with Gasteiger partial charge in [0, 0.05) is 49.3 Å². The van der Waals surface area contributed by atoms with E-state index in [0.29, 0.717) is 18.7 Å². The van der Waals surface area contributed by atoms with Crippen molar-refractivity contribution >= 4 is 11.7 Å². The van der Waals surface area contributed by atoms with Crippen molar-refractivity contribution in [1.82, 2.24) is 9.88 Å². The number of methoxy groups -OCH3 is 1. The predicted octanol–water partition coefficient (Wildman–Crippen LogP) is 4.48. The fourth-order valence-electron chi connectivity index (χ4n) is 4.11. The van der Waals surface area contributed by atoms with Crippen molar-refractivity contribution < 1.29 is 14.6 Å². The minimum absolute atomic E-state index is 0.402. The molecule has 6 heteroatoms. The molecule has 0 aliphatic carbocycles. The van der Waals surface area contributed by atoms with Crippen LogP contribution in [0.15, 0.2) is 54.6 Å². The van der Waals surface area contributed by atoms with Crippen LogP contribution in [0.25, 0.3) is 0 Å². The van der Waals surface area contributed by atoms with E-state index in [-0.39, 0.29) is 0 Å². The van der Waals surface area contributed by atoms with Gasteiger partial charge in [-0.2, -0.15) is 0 Å². The number of nitrogens with zero attached hydrogens (tertiary/aromatic N) is 2. The highest BCUT2D eigenvalue weighted by Crippen LogP contribution is 2.25. The molecule has 170 valence electrons. The number of carboxylic acid groups (broad SMARTS) is 1. The van der Waals surface area contributed by atoms with Crippen LogP contribution in [0.5, 0.6) is 5.75 Å². The maximum absolute atomic E-state index is 12.0. The average Bonchev–Trinajstić information content (AvgIpc) is 3.03. The van der Waals surface area contributed by atoms with Crippen molar-refractivity contribution in [1.29, 1.82) is 0 Å². The van der Waals surface area contributed by atoms with Crippen LogP contribution in [0.2, 0.25) is 0 Å². The second kappa shape index (κ2) is 10.9. The Hall–Kier alpha value is -3.25. The third kappa shape index (κ3) is 5.51. The van der Waals surface area contributed by atoms with Crippen LogP contribution >= 0.6 is 0 Å². The highest BCUT2D eigenvalue weighted by molar-refractivity contribution is 5.91. The van der Waals surface area contributed by atoms with Crippen molar-refractivity contribution in [3.63, 3.8) is 0 Å². The van der Waals surface area contributed by atoms with Gasteiger partial charge in [-0.1, -0.05) is 30.3 Å². The van der Waals surface area contributed by atoms with E-state index in [4.69, 9.17) is 4.74 Å². The molecule has 0 unspecified atom stereocenters. The van der Waals surface area contributed by atoms with Crippen molar-refractivity contribution in [2.75, 3.05) is 32.1 Å². The zero-order valence-corrected chi connectivity index (χ0v) is 19.4. The van der Waals surface area contributed by atoms with Crippen LogP contribution in [-0.2, 0) is 13.1 Å². The van der Waals surface area contributed by atoms with E-state index in [9.17, 15) is 9.90 Å². The third-order valence-electron chi connectivity index (χ3n) is 5.94. The molecule has 0 atom stereocenters. The molecule has 3 rings (SSSR count). The van der Waals surface area contributed by atoms with Gasteiger partial charge in [-0.3, -0.25) is 0 Å². The van der Waals surface area contributed by atoms with Gasteiger partial charge in [-0.25, -0.2) is 4.79 Å². The summed E-state index contributed by atoms with van der Waals surface area (Å²) in [6.07, 6.45) is 0.969. The number of benzene rings is 2. The molecule has 0 fully saturated rings. The zero-order valence-electron chi connectivity index (χ0n) is 19.4. The summed E-state index contributed by atoms with van der Waals surface area (Å²) in [5.41, 5.74) is 5.29. The molecule has 6 nitrogen and oxygen atoms in total. The summed E-state index contributed by atoms with van der Waals surface area (Å²) < 4.78 is 7.41. The van der Waals surface area contributed by atoms with E-state index in [1.807, 2.05) is 56.3 Å². The number of carbonyl (C=O) groups is 1. The largest absolute Gasteiger partial charge is 0.497 e. The topological polar surface area (TPSA) is 66.7 Å². The highest BCUT2D eigenvalue weighted by atomic mass is 16.5. The number of carboxylic acids is 1.